The molecule has 106 valence electrons. The van der Waals surface area contributed by atoms with Crippen molar-refractivity contribution in [3.63, 3.8) is 0 Å². The Kier molecular flexibility index (Phi) is 4.85. The van der Waals surface area contributed by atoms with Crippen molar-refractivity contribution in [2.75, 3.05) is 11.9 Å². The fraction of sp³-hybridized carbons (Fsp3) is 0.462. The van der Waals surface area contributed by atoms with Crippen molar-refractivity contribution in [1.82, 2.24) is 0 Å². The third-order valence-corrected chi connectivity index (χ3v) is 2.25. The van der Waals surface area contributed by atoms with E-state index < -0.39 is 23.6 Å². The molecule has 5 nitrogen and oxygen atoms in total. The van der Waals surface area contributed by atoms with Crippen LogP contribution in [0.25, 0.3) is 0 Å². The zero-order valence-electron chi connectivity index (χ0n) is 11.2. The van der Waals surface area contributed by atoms with E-state index in [9.17, 15) is 9.18 Å². The number of anilines is 1. The van der Waals surface area contributed by atoms with E-state index in [1.54, 1.807) is 20.8 Å². The Morgan fingerprint density at radius 2 is 2.16 bits per heavy atom. The molecule has 0 aromatic heterocycles. The van der Waals surface area contributed by atoms with Gasteiger partial charge in [0, 0.05) is 5.69 Å². The Morgan fingerprint density at radius 1 is 1.53 bits per heavy atom. The van der Waals surface area contributed by atoms with Gasteiger partial charge in [-0.1, -0.05) is 0 Å². The summed E-state index contributed by atoms with van der Waals surface area (Å²) in [7, 11) is 0. The van der Waals surface area contributed by atoms with Crippen LogP contribution in [0.1, 0.15) is 32.4 Å². The number of halogens is 1. The van der Waals surface area contributed by atoms with Crippen molar-refractivity contribution in [3.8, 4) is 0 Å². The van der Waals surface area contributed by atoms with Gasteiger partial charge in [0.05, 0.1) is 12.6 Å². The molecule has 0 bridgehead atoms. The van der Waals surface area contributed by atoms with Gasteiger partial charge in [-0.15, -0.1) is 0 Å². The number of nitrogens with two attached hydrogens (primary N) is 1. The third-order valence-electron chi connectivity index (χ3n) is 2.25. The first-order chi connectivity index (χ1) is 8.73. The molecule has 0 heterocycles. The first-order valence-corrected chi connectivity index (χ1v) is 5.89. The Hall–Kier alpha value is -1.66. The summed E-state index contributed by atoms with van der Waals surface area (Å²) in [6.07, 6.45) is -0.662. The summed E-state index contributed by atoms with van der Waals surface area (Å²) in [5, 5.41) is 11.5. The van der Waals surface area contributed by atoms with E-state index in [2.05, 4.69) is 5.32 Å². The minimum absolute atomic E-state index is 0.313. The molecule has 0 aliphatic carbocycles. The molecule has 0 fully saturated rings. The van der Waals surface area contributed by atoms with Gasteiger partial charge >= 0.3 is 6.09 Å². The van der Waals surface area contributed by atoms with E-state index in [0.29, 0.717) is 11.3 Å². The molecule has 0 radical (unpaired) electrons. The van der Waals surface area contributed by atoms with Crippen LogP contribution in [0.5, 0.6) is 0 Å². The molecule has 0 spiro atoms. The minimum Gasteiger partial charge on any atom is -0.444 e. The lowest BCUT2D eigenvalue weighted by Crippen LogP contribution is -2.28. The van der Waals surface area contributed by atoms with Crippen molar-refractivity contribution in [1.29, 1.82) is 0 Å². The smallest absolute Gasteiger partial charge is 0.412 e. The van der Waals surface area contributed by atoms with Crippen molar-refractivity contribution >= 4 is 11.8 Å². The minimum atomic E-state index is -0.777. The second-order valence-corrected chi connectivity index (χ2v) is 5.15. The summed E-state index contributed by atoms with van der Waals surface area (Å²) in [5.74, 6) is -0.492. The maximum absolute atomic E-state index is 13.2. The maximum atomic E-state index is 13.2. The standard InChI is InChI=1S/C13H19FN2O3/c1-13(2,3)19-12(18)16-11-5-4-8(14)6-9(11)10(15)7-17/h4-6,10,17H,7,15H2,1-3H3,(H,16,18)/t10-/m0/s1. The summed E-state index contributed by atoms with van der Waals surface area (Å²) in [5.41, 5.74) is 5.65. The molecule has 6 heteroatoms. The number of carbonyl (C=O) groups is 1. The highest BCUT2D eigenvalue weighted by molar-refractivity contribution is 5.86. The largest absolute Gasteiger partial charge is 0.444 e. The summed E-state index contributed by atoms with van der Waals surface area (Å²) >= 11 is 0. The molecule has 1 aromatic carbocycles. The zero-order valence-corrected chi connectivity index (χ0v) is 11.2. The van der Waals surface area contributed by atoms with Gasteiger partial charge in [-0.2, -0.15) is 0 Å². The van der Waals surface area contributed by atoms with E-state index in [-0.39, 0.29) is 6.61 Å². The van der Waals surface area contributed by atoms with Gasteiger partial charge < -0.3 is 15.6 Å². The van der Waals surface area contributed by atoms with Crippen LogP contribution in [-0.2, 0) is 4.74 Å². The van der Waals surface area contributed by atoms with Crippen LogP contribution in [-0.4, -0.2) is 23.4 Å². The lowest BCUT2D eigenvalue weighted by Gasteiger charge is -2.21. The van der Waals surface area contributed by atoms with Gasteiger partial charge in [-0.05, 0) is 44.5 Å². The second kappa shape index (κ2) is 5.99. The number of aliphatic hydroxyl groups excluding tert-OH is 1. The van der Waals surface area contributed by atoms with E-state index in [0.717, 1.165) is 0 Å². The SMILES string of the molecule is CC(C)(C)OC(=O)Nc1ccc(F)cc1[C@@H](N)CO. The first-order valence-electron chi connectivity index (χ1n) is 5.89. The van der Waals surface area contributed by atoms with Crippen molar-refractivity contribution in [2.24, 2.45) is 5.73 Å². The first kappa shape index (κ1) is 15.4. The number of nitrogens with one attached hydrogen (secondary N) is 1. The summed E-state index contributed by atoms with van der Waals surface area (Å²) in [4.78, 5) is 11.6. The third kappa shape index (κ3) is 4.84. The highest BCUT2D eigenvalue weighted by Crippen LogP contribution is 2.23. The highest BCUT2D eigenvalue weighted by Gasteiger charge is 2.18. The van der Waals surface area contributed by atoms with Crippen molar-refractivity contribution in [2.45, 2.75) is 32.4 Å². The van der Waals surface area contributed by atoms with Crippen LogP contribution in [0.15, 0.2) is 18.2 Å². The topological polar surface area (TPSA) is 84.6 Å². The Morgan fingerprint density at radius 3 is 2.68 bits per heavy atom. The number of aliphatic hydroxyl groups is 1. The Balaban J connectivity index is 2.91. The molecule has 1 amide bonds. The maximum Gasteiger partial charge on any atom is 0.412 e. The van der Waals surface area contributed by atoms with Gasteiger partial charge in [0.15, 0.2) is 0 Å². The number of rotatable bonds is 3. The lowest BCUT2D eigenvalue weighted by molar-refractivity contribution is 0.0635. The molecule has 1 atom stereocenters. The van der Waals surface area contributed by atoms with Gasteiger partial charge in [0.2, 0.25) is 0 Å². The van der Waals surface area contributed by atoms with Gasteiger partial charge in [-0.25, -0.2) is 9.18 Å². The Labute approximate surface area is 111 Å². The van der Waals surface area contributed by atoms with E-state index in [4.69, 9.17) is 15.6 Å². The average Bonchev–Trinajstić information content (AvgIpc) is 2.28. The summed E-state index contributed by atoms with van der Waals surface area (Å²) < 4.78 is 18.3. The van der Waals surface area contributed by atoms with Crippen molar-refractivity contribution < 1.29 is 19.0 Å². The molecule has 0 unspecified atom stereocenters. The van der Waals surface area contributed by atoms with Gasteiger partial charge in [0.25, 0.3) is 0 Å². The van der Waals surface area contributed by atoms with Gasteiger partial charge in [0.1, 0.15) is 11.4 Å². The molecule has 19 heavy (non-hydrogen) atoms. The summed E-state index contributed by atoms with van der Waals surface area (Å²) in [6.45, 7) is 4.85. The molecule has 0 saturated heterocycles. The van der Waals surface area contributed by atoms with Crippen LogP contribution in [0.3, 0.4) is 0 Å². The fourth-order valence-corrected chi connectivity index (χ4v) is 1.47. The molecular formula is C13H19FN2O3. The predicted octanol–water partition coefficient (Wildman–Crippen LogP) is 2.16. The van der Waals surface area contributed by atoms with E-state index in [1.165, 1.54) is 18.2 Å². The average molecular weight is 270 g/mol. The van der Waals surface area contributed by atoms with Crippen LogP contribution in [0.4, 0.5) is 14.9 Å². The second-order valence-electron chi connectivity index (χ2n) is 5.15. The number of hydrogen-bond acceptors (Lipinski definition) is 4. The summed E-state index contributed by atoms with van der Waals surface area (Å²) in [6, 6.07) is 2.97. The van der Waals surface area contributed by atoms with Crippen LogP contribution >= 0.6 is 0 Å². The molecule has 4 N–H and O–H groups in total. The lowest BCUT2D eigenvalue weighted by atomic mass is 10.1. The number of hydrogen-bond donors (Lipinski definition) is 3. The van der Waals surface area contributed by atoms with Crippen molar-refractivity contribution in [3.05, 3.63) is 29.6 Å². The number of benzene rings is 1. The zero-order chi connectivity index (χ0) is 14.6. The molecule has 0 aliphatic rings. The monoisotopic (exact) mass is 270 g/mol. The molecule has 0 saturated carbocycles. The van der Waals surface area contributed by atoms with Crippen LogP contribution in [0, 0.1) is 5.82 Å². The number of carbonyl (C=O) groups excluding carboxylic acids is 1. The van der Waals surface area contributed by atoms with E-state index >= 15 is 0 Å². The highest BCUT2D eigenvalue weighted by atomic mass is 19.1. The molecular weight excluding hydrogens is 251 g/mol. The fourth-order valence-electron chi connectivity index (χ4n) is 1.47. The number of ether oxygens (including phenoxy) is 1. The Bertz CT molecular complexity index is 458. The van der Waals surface area contributed by atoms with Crippen LogP contribution in [0.2, 0.25) is 0 Å². The normalized spacial score (nSPS) is 12.9. The van der Waals surface area contributed by atoms with E-state index in [1.807, 2.05) is 0 Å². The molecule has 1 rings (SSSR count). The molecule has 0 aliphatic heterocycles. The van der Waals surface area contributed by atoms with Crippen LogP contribution < -0.4 is 11.1 Å². The van der Waals surface area contributed by atoms with Gasteiger partial charge in [-0.3, -0.25) is 5.32 Å². The quantitative estimate of drug-likeness (QED) is 0.785. The number of amides is 1. The molecule has 1 aromatic rings. The predicted molar refractivity (Wildman–Crippen MR) is 70.3 cm³/mol.